The fourth-order valence-corrected chi connectivity index (χ4v) is 3.20. The molecule has 1 aromatic heterocycles. The number of hydrogen-bond donors (Lipinski definition) is 0. The third kappa shape index (κ3) is 3.39. The van der Waals surface area contributed by atoms with E-state index in [0.29, 0.717) is 19.7 Å². The maximum atomic E-state index is 12.2. The molecule has 1 amide bonds. The van der Waals surface area contributed by atoms with E-state index < -0.39 is 0 Å². The molecule has 22 heavy (non-hydrogen) atoms. The molecule has 6 nitrogen and oxygen atoms in total. The summed E-state index contributed by atoms with van der Waals surface area (Å²) in [5.74, 6) is 0.939. The number of ether oxygens (including phenoxy) is 2. The number of likely N-dealkylation sites (N-methyl/N-ethyl adjacent to an activating group) is 1. The number of nitrogens with zero attached hydrogens (tertiary/aromatic N) is 3. The predicted octanol–water partition coefficient (Wildman–Crippen LogP) is 0.782. The van der Waals surface area contributed by atoms with Gasteiger partial charge < -0.3 is 19.3 Å². The van der Waals surface area contributed by atoms with Gasteiger partial charge in [-0.15, -0.1) is 0 Å². The number of carbonyl (C=O) groups is 1. The molecule has 0 bridgehead atoms. The lowest BCUT2D eigenvalue weighted by atomic mass is 9.98. The average Bonchev–Trinajstić information content (AvgIpc) is 3.07. The summed E-state index contributed by atoms with van der Waals surface area (Å²) in [4.78, 5) is 20.0. The number of likely N-dealkylation sites (tertiary alicyclic amines) is 1. The lowest BCUT2D eigenvalue weighted by Gasteiger charge is -2.24. The van der Waals surface area contributed by atoms with Gasteiger partial charge in [0.2, 0.25) is 5.91 Å². The highest BCUT2D eigenvalue weighted by Gasteiger charge is 2.47. The van der Waals surface area contributed by atoms with Crippen LogP contribution in [0.2, 0.25) is 0 Å². The van der Waals surface area contributed by atoms with Crippen LogP contribution < -0.4 is 4.74 Å². The number of amides is 1. The number of pyridine rings is 1. The van der Waals surface area contributed by atoms with Crippen molar-refractivity contribution in [2.75, 3.05) is 40.3 Å². The molecule has 2 aliphatic rings. The molecule has 0 N–H and O–H groups in total. The van der Waals surface area contributed by atoms with Crippen LogP contribution in [0.3, 0.4) is 0 Å². The van der Waals surface area contributed by atoms with Gasteiger partial charge in [0.05, 0.1) is 24.9 Å². The number of carbonyl (C=O) groups excluding carboxylic acids is 1. The number of hydrogen-bond acceptors (Lipinski definition) is 5. The summed E-state index contributed by atoms with van der Waals surface area (Å²) < 4.78 is 11.9. The lowest BCUT2D eigenvalue weighted by molar-refractivity contribution is -0.131. The molecule has 0 aromatic carbocycles. The Kier molecular flexibility index (Phi) is 4.31. The van der Waals surface area contributed by atoms with Crippen LogP contribution in [0, 0.1) is 0 Å². The topological polar surface area (TPSA) is 54.9 Å². The zero-order chi connectivity index (χ0) is 15.6. The molecule has 0 unspecified atom stereocenters. The molecular formula is C16H23N3O3. The lowest BCUT2D eigenvalue weighted by Crippen LogP contribution is -2.40. The molecule has 2 fully saturated rings. The SMILES string of the molecule is CN(C)CC(=O)N1CC[C@@]2(C[C@H](Oc3cccnc3)CO2)C1. The van der Waals surface area contributed by atoms with Crippen molar-refractivity contribution in [3.05, 3.63) is 24.5 Å². The molecule has 1 aromatic rings. The van der Waals surface area contributed by atoms with Crippen LogP contribution in [0.25, 0.3) is 0 Å². The highest BCUT2D eigenvalue weighted by Crippen LogP contribution is 2.36. The van der Waals surface area contributed by atoms with Crippen LogP contribution in [0.4, 0.5) is 0 Å². The molecule has 2 atom stereocenters. The summed E-state index contributed by atoms with van der Waals surface area (Å²) in [6.07, 6.45) is 5.19. The van der Waals surface area contributed by atoms with E-state index in [0.717, 1.165) is 25.1 Å². The van der Waals surface area contributed by atoms with E-state index in [-0.39, 0.29) is 17.6 Å². The smallest absolute Gasteiger partial charge is 0.236 e. The first-order valence-corrected chi connectivity index (χ1v) is 7.69. The van der Waals surface area contributed by atoms with Gasteiger partial charge in [-0.25, -0.2) is 0 Å². The monoisotopic (exact) mass is 305 g/mol. The summed E-state index contributed by atoms with van der Waals surface area (Å²) in [7, 11) is 3.82. The summed E-state index contributed by atoms with van der Waals surface area (Å²) in [6, 6.07) is 3.76. The second kappa shape index (κ2) is 6.22. The second-order valence-corrected chi connectivity index (χ2v) is 6.43. The third-order valence-corrected chi connectivity index (χ3v) is 4.23. The first kappa shape index (κ1) is 15.2. The van der Waals surface area contributed by atoms with Gasteiger partial charge in [-0.3, -0.25) is 9.78 Å². The number of rotatable bonds is 4. The van der Waals surface area contributed by atoms with Gasteiger partial charge >= 0.3 is 0 Å². The predicted molar refractivity (Wildman–Crippen MR) is 81.7 cm³/mol. The van der Waals surface area contributed by atoms with E-state index in [9.17, 15) is 4.79 Å². The minimum Gasteiger partial charge on any atom is -0.486 e. The standard InChI is InChI=1S/C16H23N3O3/c1-18(2)10-15(20)19-7-5-16(12-19)8-14(11-21-16)22-13-4-3-6-17-9-13/h3-4,6,9,14H,5,7-8,10-12H2,1-2H3/t14-,16+/m0/s1. The summed E-state index contributed by atoms with van der Waals surface area (Å²) >= 11 is 0. The average molecular weight is 305 g/mol. The Labute approximate surface area is 131 Å². The van der Waals surface area contributed by atoms with E-state index >= 15 is 0 Å². The van der Waals surface area contributed by atoms with E-state index in [1.165, 1.54) is 0 Å². The van der Waals surface area contributed by atoms with E-state index in [2.05, 4.69) is 4.98 Å². The summed E-state index contributed by atoms with van der Waals surface area (Å²) in [5.41, 5.74) is -0.227. The van der Waals surface area contributed by atoms with Crippen LogP contribution >= 0.6 is 0 Å². The van der Waals surface area contributed by atoms with Crippen LogP contribution in [-0.2, 0) is 9.53 Å². The Morgan fingerprint density at radius 1 is 1.59 bits per heavy atom. The zero-order valence-corrected chi connectivity index (χ0v) is 13.2. The second-order valence-electron chi connectivity index (χ2n) is 6.43. The zero-order valence-electron chi connectivity index (χ0n) is 13.2. The normalized spacial score (nSPS) is 27.8. The van der Waals surface area contributed by atoms with Crippen molar-refractivity contribution >= 4 is 5.91 Å². The molecule has 6 heteroatoms. The molecule has 0 radical (unpaired) electrons. The quantitative estimate of drug-likeness (QED) is 0.823. The molecule has 3 heterocycles. The Bertz CT molecular complexity index is 523. The molecule has 2 aliphatic heterocycles. The molecule has 2 saturated heterocycles. The van der Waals surface area contributed by atoms with Crippen LogP contribution in [0.15, 0.2) is 24.5 Å². The summed E-state index contributed by atoms with van der Waals surface area (Å²) in [6.45, 7) is 2.47. The molecule has 1 spiro atoms. The highest BCUT2D eigenvalue weighted by molar-refractivity contribution is 5.78. The maximum Gasteiger partial charge on any atom is 0.236 e. The third-order valence-electron chi connectivity index (χ3n) is 4.23. The van der Waals surface area contributed by atoms with Gasteiger partial charge in [0.1, 0.15) is 11.9 Å². The van der Waals surface area contributed by atoms with Crippen molar-refractivity contribution in [3.8, 4) is 5.75 Å². The first-order chi connectivity index (χ1) is 10.6. The van der Waals surface area contributed by atoms with Crippen molar-refractivity contribution in [2.45, 2.75) is 24.5 Å². The van der Waals surface area contributed by atoms with E-state index in [1.54, 1.807) is 12.4 Å². The molecule has 3 rings (SSSR count). The van der Waals surface area contributed by atoms with Crippen LogP contribution in [0.1, 0.15) is 12.8 Å². The largest absolute Gasteiger partial charge is 0.486 e. The minimum absolute atomic E-state index is 0.0353. The van der Waals surface area contributed by atoms with Crippen LogP contribution in [0.5, 0.6) is 5.75 Å². The van der Waals surface area contributed by atoms with Gasteiger partial charge in [-0.05, 0) is 32.6 Å². The molecule has 0 aliphatic carbocycles. The fraction of sp³-hybridized carbons (Fsp3) is 0.625. The Morgan fingerprint density at radius 3 is 3.18 bits per heavy atom. The van der Waals surface area contributed by atoms with Gasteiger partial charge in [0.15, 0.2) is 0 Å². The maximum absolute atomic E-state index is 12.2. The fourth-order valence-electron chi connectivity index (χ4n) is 3.20. The Balaban J connectivity index is 1.55. The van der Waals surface area contributed by atoms with Gasteiger partial charge in [-0.2, -0.15) is 0 Å². The highest BCUT2D eigenvalue weighted by atomic mass is 16.6. The molecule has 0 saturated carbocycles. The van der Waals surface area contributed by atoms with Crippen LogP contribution in [-0.4, -0.2) is 72.7 Å². The van der Waals surface area contributed by atoms with Crippen molar-refractivity contribution in [3.63, 3.8) is 0 Å². The Hall–Kier alpha value is -1.66. The van der Waals surface area contributed by atoms with Gasteiger partial charge in [0, 0.05) is 25.7 Å². The minimum atomic E-state index is -0.227. The molecular weight excluding hydrogens is 282 g/mol. The van der Waals surface area contributed by atoms with Crippen molar-refractivity contribution in [2.24, 2.45) is 0 Å². The molecule has 120 valence electrons. The Morgan fingerprint density at radius 2 is 2.45 bits per heavy atom. The van der Waals surface area contributed by atoms with Crippen molar-refractivity contribution in [1.82, 2.24) is 14.8 Å². The van der Waals surface area contributed by atoms with Crippen molar-refractivity contribution < 1.29 is 14.3 Å². The van der Waals surface area contributed by atoms with E-state index in [1.807, 2.05) is 36.0 Å². The van der Waals surface area contributed by atoms with Gasteiger partial charge in [-0.1, -0.05) is 0 Å². The summed E-state index contributed by atoms with van der Waals surface area (Å²) in [5, 5.41) is 0. The first-order valence-electron chi connectivity index (χ1n) is 7.69. The van der Waals surface area contributed by atoms with Gasteiger partial charge in [0.25, 0.3) is 0 Å². The number of aromatic nitrogens is 1. The van der Waals surface area contributed by atoms with E-state index in [4.69, 9.17) is 9.47 Å². The van der Waals surface area contributed by atoms with Crippen molar-refractivity contribution in [1.29, 1.82) is 0 Å².